The Morgan fingerprint density at radius 3 is 1.68 bits per heavy atom. The molecule has 0 aromatic heterocycles. The summed E-state index contributed by atoms with van der Waals surface area (Å²) in [5.74, 6) is 0.596. The van der Waals surface area contributed by atoms with Crippen LogP contribution < -0.4 is 0 Å². The molecule has 0 heteroatoms. The molecule has 1 saturated carbocycles. The van der Waals surface area contributed by atoms with Gasteiger partial charge < -0.3 is 0 Å². The van der Waals surface area contributed by atoms with Gasteiger partial charge in [-0.2, -0.15) is 0 Å². The van der Waals surface area contributed by atoms with Gasteiger partial charge in [0.05, 0.1) is 0 Å². The first-order chi connectivity index (χ1) is 19.1. The Morgan fingerprint density at radius 1 is 0.650 bits per heavy atom. The van der Waals surface area contributed by atoms with Crippen molar-refractivity contribution in [2.24, 2.45) is 11.3 Å². The quantitative estimate of drug-likeness (QED) is 0.252. The second-order valence-electron chi connectivity index (χ2n) is 13.8. The van der Waals surface area contributed by atoms with Crippen LogP contribution in [-0.2, 0) is 10.8 Å². The smallest absolute Gasteiger partial charge is 0.0208 e. The van der Waals surface area contributed by atoms with E-state index < -0.39 is 0 Å². The van der Waals surface area contributed by atoms with Crippen molar-refractivity contribution in [1.29, 1.82) is 0 Å². The van der Waals surface area contributed by atoms with E-state index in [-0.39, 0.29) is 22.2 Å². The van der Waals surface area contributed by atoms with Crippen molar-refractivity contribution < 1.29 is 0 Å². The molecule has 4 aromatic rings. The molecule has 0 spiro atoms. The summed E-state index contributed by atoms with van der Waals surface area (Å²) in [5.41, 5.74) is 14.3. The third-order valence-corrected chi connectivity index (χ3v) is 10.3. The zero-order valence-electron chi connectivity index (χ0n) is 24.8. The van der Waals surface area contributed by atoms with Crippen LogP contribution in [0.3, 0.4) is 0 Å². The zero-order valence-corrected chi connectivity index (χ0v) is 24.8. The molecule has 0 heterocycles. The van der Waals surface area contributed by atoms with E-state index in [1.165, 1.54) is 50.1 Å². The number of benzene rings is 4. The molecule has 3 atom stereocenters. The second kappa shape index (κ2) is 8.68. The van der Waals surface area contributed by atoms with E-state index in [0.29, 0.717) is 5.92 Å². The van der Waals surface area contributed by atoms with Crippen LogP contribution >= 0.6 is 0 Å². The number of rotatable bonds is 3. The SMILES string of the molecule is Cc1ccc(C2(C)CC(c3ccc(C)cc3)(C3c4ccccc4-c4ccccc43)C3C=C(C(C)(C)C)C=C32)cc1. The monoisotopic (exact) mass is 520 g/mol. The summed E-state index contributed by atoms with van der Waals surface area (Å²) in [4.78, 5) is 0. The van der Waals surface area contributed by atoms with Crippen molar-refractivity contribution >= 4 is 0 Å². The first-order valence-electron chi connectivity index (χ1n) is 14.9. The summed E-state index contributed by atoms with van der Waals surface area (Å²) in [6.45, 7) is 14.0. The molecule has 1 fully saturated rings. The first kappa shape index (κ1) is 25.3. The van der Waals surface area contributed by atoms with Crippen LogP contribution in [0.25, 0.3) is 11.1 Å². The van der Waals surface area contributed by atoms with E-state index in [1.54, 1.807) is 5.57 Å². The molecular formula is C40H40. The van der Waals surface area contributed by atoms with Crippen molar-refractivity contribution in [2.75, 3.05) is 0 Å². The van der Waals surface area contributed by atoms with Gasteiger partial charge >= 0.3 is 0 Å². The van der Waals surface area contributed by atoms with Crippen LogP contribution in [0.1, 0.15) is 73.4 Å². The van der Waals surface area contributed by atoms with Crippen LogP contribution in [0.15, 0.2) is 120 Å². The van der Waals surface area contributed by atoms with Crippen LogP contribution in [0.5, 0.6) is 0 Å². The lowest BCUT2D eigenvalue weighted by Crippen LogP contribution is -2.38. The number of fused-ring (bicyclic) bond motifs is 4. The predicted octanol–water partition coefficient (Wildman–Crippen LogP) is 10.2. The molecule has 7 rings (SSSR count). The zero-order chi connectivity index (χ0) is 27.9. The summed E-state index contributed by atoms with van der Waals surface area (Å²) in [6, 6.07) is 37.3. The van der Waals surface area contributed by atoms with Crippen LogP contribution in [0.4, 0.5) is 0 Å². The van der Waals surface area contributed by atoms with E-state index in [0.717, 1.165) is 6.42 Å². The molecular weight excluding hydrogens is 480 g/mol. The Morgan fingerprint density at radius 2 is 1.15 bits per heavy atom. The fourth-order valence-electron chi connectivity index (χ4n) is 8.26. The van der Waals surface area contributed by atoms with Gasteiger partial charge in [0.25, 0.3) is 0 Å². The van der Waals surface area contributed by atoms with Crippen LogP contribution in [0, 0.1) is 25.2 Å². The largest absolute Gasteiger partial charge is 0.0726 e. The Labute approximate surface area is 240 Å². The maximum atomic E-state index is 2.66. The lowest BCUT2D eigenvalue weighted by atomic mass is 9.60. The Kier molecular flexibility index (Phi) is 5.50. The highest BCUT2D eigenvalue weighted by molar-refractivity contribution is 5.81. The number of hydrogen-bond donors (Lipinski definition) is 0. The molecule has 0 bridgehead atoms. The van der Waals surface area contributed by atoms with Crippen LogP contribution in [0.2, 0.25) is 0 Å². The molecule has 3 aliphatic rings. The lowest BCUT2D eigenvalue weighted by molar-refractivity contribution is 0.320. The molecule has 4 aromatic carbocycles. The van der Waals surface area contributed by atoms with Crippen molar-refractivity contribution in [1.82, 2.24) is 0 Å². The van der Waals surface area contributed by atoms with E-state index in [9.17, 15) is 0 Å². The first-order valence-corrected chi connectivity index (χ1v) is 14.9. The summed E-state index contributed by atoms with van der Waals surface area (Å²) >= 11 is 0. The minimum atomic E-state index is -0.116. The molecule has 0 amide bonds. The van der Waals surface area contributed by atoms with Gasteiger partial charge in [0.15, 0.2) is 0 Å². The molecule has 0 saturated heterocycles. The Hall–Kier alpha value is -3.64. The molecule has 3 unspecified atom stereocenters. The Bertz CT molecular complexity index is 1630. The van der Waals surface area contributed by atoms with Gasteiger partial charge in [-0.1, -0.05) is 154 Å². The molecule has 40 heavy (non-hydrogen) atoms. The number of allylic oxidation sites excluding steroid dienone is 4. The fourth-order valence-corrected chi connectivity index (χ4v) is 8.26. The highest BCUT2D eigenvalue weighted by Gasteiger charge is 2.62. The normalized spacial score (nSPS) is 25.3. The summed E-state index contributed by atoms with van der Waals surface area (Å²) in [6.07, 6.45) is 6.33. The van der Waals surface area contributed by atoms with Crippen molar-refractivity contribution in [3.63, 3.8) is 0 Å². The topological polar surface area (TPSA) is 0 Å². The summed E-state index contributed by atoms with van der Waals surface area (Å²) in [7, 11) is 0. The van der Waals surface area contributed by atoms with Crippen molar-refractivity contribution in [3.8, 4) is 11.1 Å². The van der Waals surface area contributed by atoms with E-state index >= 15 is 0 Å². The van der Waals surface area contributed by atoms with E-state index in [2.05, 4.69) is 151 Å². The highest BCUT2D eigenvalue weighted by Crippen LogP contribution is 2.69. The minimum absolute atomic E-state index is 0.0702. The van der Waals surface area contributed by atoms with Gasteiger partial charge in [0, 0.05) is 22.7 Å². The van der Waals surface area contributed by atoms with Gasteiger partial charge in [-0.25, -0.2) is 0 Å². The van der Waals surface area contributed by atoms with Gasteiger partial charge in [-0.05, 0) is 64.6 Å². The standard InChI is InChI=1S/C40H40/c1-26-15-19-28(20-16-26)39(6)25-40(29-21-17-27(2)18-22-29,36-24-30(23-35(36)39)38(3,4)5)37-33-13-9-7-11-31(33)32-12-8-10-14-34(32)37/h7-24,36-37H,25H2,1-6H3. The lowest BCUT2D eigenvalue weighted by Gasteiger charge is -2.42. The van der Waals surface area contributed by atoms with Gasteiger partial charge in [-0.3, -0.25) is 0 Å². The molecule has 0 nitrogen and oxygen atoms in total. The fraction of sp³-hybridized carbons (Fsp3) is 0.300. The van der Waals surface area contributed by atoms with Gasteiger partial charge in [0.2, 0.25) is 0 Å². The van der Waals surface area contributed by atoms with E-state index in [4.69, 9.17) is 0 Å². The maximum Gasteiger partial charge on any atom is 0.0208 e. The average Bonchev–Trinajstić information content (AvgIpc) is 3.60. The van der Waals surface area contributed by atoms with Gasteiger partial charge in [-0.15, -0.1) is 0 Å². The second-order valence-corrected chi connectivity index (χ2v) is 13.8. The predicted molar refractivity (Wildman–Crippen MR) is 169 cm³/mol. The average molecular weight is 521 g/mol. The molecule has 200 valence electrons. The van der Waals surface area contributed by atoms with Gasteiger partial charge in [0.1, 0.15) is 0 Å². The number of hydrogen-bond acceptors (Lipinski definition) is 0. The molecule has 0 aliphatic heterocycles. The van der Waals surface area contributed by atoms with E-state index in [1.807, 2.05) is 0 Å². The number of aryl methyl sites for hydroxylation is 2. The summed E-state index contributed by atoms with van der Waals surface area (Å²) in [5, 5.41) is 0. The third-order valence-electron chi connectivity index (χ3n) is 10.3. The Balaban J connectivity index is 1.57. The van der Waals surface area contributed by atoms with Crippen molar-refractivity contribution in [3.05, 3.63) is 154 Å². The molecule has 3 aliphatic carbocycles. The van der Waals surface area contributed by atoms with Crippen molar-refractivity contribution in [2.45, 2.75) is 64.7 Å². The molecule has 0 radical (unpaired) electrons. The highest BCUT2D eigenvalue weighted by atomic mass is 14.6. The maximum absolute atomic E-state index is 2.66. The minimum Gasteiger partial charge on any atom is -0.0726 e. The molecule has 0 N–H and O–H groups in total. The third kappa shape index (κ3) is 3.51. The summed E-state index contributed by atoms with van der Waals surface area (Å²) < 4.78 is 0. The van der Waals surface area contributed by atoms with Crippen LogP contribution in [-0.4, -0.2) is 0 Å².